The van der Waals surface area contributed by atoms with Gasteiger partial charge in [0, 0.05) is 19.4 Å². The van der Waals surface area contributed by atoms with Gasteiger partial charge in [-0.15, -0.1) is 0 Å². The summed E-state index contributed by atoms with van der Waals surface area (Å²) in [5.41, 5.74) is 0. The third-order valence-corrected chi connectivity index (χ3v) is 10.0. The van der Waals surface area contributed by atoms with Crippen molar-refractivity contribution in [2.24, 2.45) is 0 Å². The highest BCUT2D eigenvalue weighted by Crippen LogP contribution is 2.42. The van der Waals surface area contributed by atoms with Crippen LogP contribution in [0.15, 0.2) is 0 Å². The largest absolute Gasteiger partial charge is 0.472 e. The van der Waals surface area contributed by atoms with E-state index in [4.69, 9.17) is 13.8 Å². The Morgan fingerprint density at radius 3 is 1.33 bits per heavy atom. The fraction of sp³-hybridized carbons (Fsp3) is 0.949. The van der Waals surface area contributed by atoms with Crippen molar-refractivity contribution in [2.75, 3.05) is 26.4 Å². The van der Waals surface area contributed by atoms with Crippen molar-refractivity contribution in [3.05, 3.63) is 0 Å². The molecule has 0 saturated heterocycles. The third-order valence-electron chi connectivity index (χ3n) is 9.04. The molecular weight excluding hydrogens is 641 g/mol. The number of carbonyl (C=O) groups is 2. The van der Waals surface area contributed by atoms with Gasteiger partial charge in [0.1, 0.15) is 12.7 Å². The molecule has 0 aromatic rings. The van der Waals surface area contributed by atoms with Crippen molar-refractivity contribution in [3.63, 3.8) is 0 Å². The van der Waals surface area contributed by atoms with Gasteiger partial charge in [-0.3, -0.25) is 18.6 Å². The summed E-state index contributed by atoms with van der Waals surface area (Å²) in [6, 6.07) is 0. The summed E-state index contributed by atoms with van der Waals surface area (Å²) in [6.45, 7) is 3.57. The molecule has 0 aliphatic rings. The van der Waals surface area contributed by atoms with Crippen LogP contribution in [0.3, 0.4) is 0 Å². The van der Waals surface area contributed by atoms with Crippen molar-refractivity contribution >= 4 is 19.7 Å². The van der Waals surface area contributed by atoms with Crippen LogP contribution >= 0.6 is 7.82 Å². The summed E-state index contributed by atoms with van der Waals surface area (Å²) in [6.07, 6.45) is 34.6. The average molecular weight is 720 g/mol. The molecule has 0 aromatic heterocycles. The second kappa shape index (κ2) is 36.8. The molecule has 2 unspecified atom stereocenters. The molecule has 0 aliphatic heterocycles. The van der Waals surface area contributed by atoms with Crippen LogP contribution in [0.2, 0.25) is 0 Å². The average Bonchev–Trinajstić information content (AvgIpc) is 3.08. The lowest BCUT2D eigenvalue weighted by Crippen LogP contribution is -2.27. The van der Waals surface area contributed by atoms with E-state index in [1.165, 1.54) is 141 Å². The van der Waals surface area contributed by atoms with E-state index in [9.17, 15) is 24.2 Å². The Balaban J connectivity index is 3.56. The van der Waals surface area contributed by atoms with Gasteiger partial charge >= 0.3 is 13.8 Å². The maximum absolute atomic E-state index is 12.1. The number of rotatable bonds is 39. The number of unbranched alkanes of at least 4 members (excludes halogenated alkanes) is 26. The zero-order valence-electron chi connectivity index (χ0n) is 31.9. The molecule has 1 amide bonds. The molecule has 49 heavy (non-hydrogen) atoms. The first-order chi connectivity index (χ1) is 23.8. The van der Waals surface area contributed by atoms with Gasteiger partial charge in [-0.25, -0.2) is 4.57 Å². The van der Waals surface area contributed by atoms with Crippen molar-refractivity contribution in [3.8, 4) is 0 Å². The number of carbonyl (C=O) groups excluding carboxylic acids is 2. The summed E-state index contributed by atoms with van der Waals surface area (Å²) in [5, 5.41) is 12.7. The summed E-state index contributed by atoms with van der Waals surface area (Å²) in [4.78, 5) is 33.8. The topological polar surface area (TPSA) is 131 Å². The highest BCUT2D eigenvalue weighted by atomic mass is 31.2. The fourth-order valence-electron chi connectivity index (χ4n) is 5.91. The molecule has 10 heteroatoms. The number of hydrogen-bond donors (Lipinski definition) is 3. The van der Waals surface area contributed by atoms with Gasteiger partial charge in [0.05, 0.1) is 13.2 Å². The Labute approximate surface area is 301 Å². The molecule has 0 heterocycles. The molecule has 0 spiro atoms. The number of phosphoric ester groups is 1. The minimum absolute atomic E-state index is 0.0882. The summed E-state index contributed by atoms with van der Waals surface area (Å²) < 4.78 is 26.8. The molecule has 0 bridgehead atoms. The number of phosphoric acid groups is 1. The molecule has 9 nitrogen and oxygen atoms in total. The number of amides is 1. The van der Waals surface area contributed by atoms with Crippen molar-refractivity contribution in [2.45, 2.75) is 213 Å². The van der Waals surface area contributed by atoms with Crippen LogP contribution in [0, 0.1) is 0 Å². The highest BCUT2D eigenvalue weighted by molar-refractivity contribution is 7.47. The predicted octanol–water partition coefficient (Wildman–Crippen LogP) is 10.9. The van der Waals surface area contributed by atoms with E-state index in [1.807, 2.05) is 0 Å². The number of aliphatic hydroxyl groups is 1. The number of ether oxygens (including phenoxy) is 1. The van der Waals surface area contributed by atoms with E-state index in [0.29, 0.717) is 6.42 Å². The molecule has 0 aliphatic carbocycles. The van der Waals surface area contributed by atoms with Gasteiger partial charge in [0.2, 0.25) is 5.91 Å². The lowest BCUT2D eigenvalue weighted by molar-refractivity contribution is -0.147. The van der Waals surface area contributed by atoms with Crippen molar-refractivity contribution in [1.29, 1.82) is 0 Å². The molecule has 0 saturated carbocycles. The van der Waals surface area contributed by atoms with E-state index in [2.05, 4.69) is 19.2 Å². The van der Waals surface area contributed by atoms with E-state index < -0.39 is 26.5 Å². The number of aliphatic hydroxyl groups excluding tert-OH is 1. The van der Waals surface area contributed by atoms with Crippen molar-refractivity contribution < 1.29 is 37.9 Å². The first-order valence-corrected chi connectivity index (χ1v) is 22.0. The zero-order chi connectivity index (χ0) is 36.1. The van der Waals surface area contributed by atoms with Gasteiger partial charge in [-0.1, -0.05) is 181 Å². The highest BCUT2D eigenvalue weighted by Gasteiger charge is 2.23. The lowest BCUT2D eigenvalue weighted by atomic mass is 10.0. The zero-order valence-corrected chi connectivity index (χ0v) is 32.8. The summed E-state index contributed by atoms with van der Waals surface area (Å²) >= 11 is 0. The van der Waals surface area contributed by atoms with E-state index >= 15 is 0 Å². The predicted molar refractivity (Wildman–Crippen MR) is 202 cm³/mol. The minimum Gasteiger partial charge on any atom is -0.463 e. The van der Waals surface area contributed by atoms with Gasteiger partial charge in [-0.2, -0.15) is 0 Å². The van der Waals surface area contributed by atoms with E-state index in [-0.39, 0.29) is 32.1 Å². The van der Waals surface area contributed by atoms with E-state index in [1.54, 1.807) is 0 Å². The molecule has 2 atom stereocenters. The van der Waals surface area contributed by atoms with Crippen LogP contribution < -0.4 is 5.32 Å². The van der Waals surface area contributed by atoms with Crippen LogP contribution in [0.25, 0.3) is 0 Å². The van der Waals surface area contributed by atoms with Crippen LogP contribution in [0.1, 0.15) is 206 Å². The van der Waals surface area contributed by atoms with Crippen LogP contribution in [0.5, 0.6) is 0 Å². The Bertz CT molecular complexity index is 784. The van der Waals surface area contributed by atoms with Gasteiger partial charge in [-0.05, 0) is 12.8 Å². The molecule has 0 aromatic carbocycles. The first kappa shape index (κ1) is 48.0. The minimum atomic E-state index is -4.40. The molecule has 0 rings (SSSR count). The number of esters is 1. The molecule has 3 N–H and O–H groups in total. The smallest absolute Gasteiger partial charge is 0.463 e. The van der Waals surface area contributed by atoms with Gasteiger partial charge in [0.25, 0.3) is 0 Å². The monoisotopic (exact) mass is 720 g/mol. The third kappa shape index (κ3) is 38.1. The molecule has 0 fully saturated rings. The maximum Gasteiger partial charge on any atom is 0.472 e. The second-order valence-corrected chi connectivity index (χ2v) is 15.4. The molecule has 292 valence electrons. The van der Waals surface area contributed by atoms with Gasteiger partial charge < -0.3 is 20.1 Å². The summed E-state index contributed by atoms with van der Waals surface area (Å²) in [5.74, 6) is -0.507. The second-order valence-electron chi connectivity index (χ2n) is 14.0. The number of nitrogens with one attached hydrogen (secondary N) is 1. The number of hydrogen-bond acceptors (Lipinski definition) is 7. The SMILES string of the molecule is CCCCCCCCCCCCCCCCCCCC(=O)NCCOP(=O)(O)OCC(O)COC(=O)CCCCCCCCCCCCC. The Hall–Kier alpha value is -0.990. The quantitative estimate of drug-likeness (QED) is 0.0325. The van der Waals surface area contributed by atoms with Crippen LogP contribution in [-0.4, -0.2) is 54.3 Å². The normalized spacial score (nSPS) is 13.3. The lowest BCUT2D eigenvalue weighted by Gasteiger charge is -2.15. The van der Waals surface area contributed by atoms with Crippen LogP contribution in [0.4, 0.5) is 0 Å². The standard InChI is InChI=1S/C39H78NO8P/c1-3-5-7-9-11-13-15-16-17-18-19-20-22-23-25-27-29-31-38(42)40-33-34-47-49(44,45)48-36-37(41)35-46-39(43)32-30-28-26-24-21-14-12-10-8-6-4-2/h37,41H,3-36H2,1-2H3,(H,40,42)(H,44,45). The Morgan fingerprint density at radius 2 is 0.918 bits per heavy atom. The summed E-state index contributed by atoms with van der Waals surface area (Å²) in [7, 11) is -4.40. The first-order valence-electron chi connectivity index (χ1n) is 20.5. The molecular formula is C39H78NO8P. The Kier molecular flexibility index (Phi) is 36.0. The maximum atomic E-state index is 12.1. The van der Waals surface area contributed by atoms with Gasteiger partial charge in [0.15, 0.2) is 0 Å². The van der Waals surface area contributed by atoms with E-state index in [0.717, 1.165) is 38.5 Å². The fourth-order valence-corrected chi connectivity index (χ4v) is 6.67. The van der Waals surface area contributed by atoms with Crippen LogP contribution in [-0.2, 0) is 27.9 Å². The Morgan fingerprint density at radius 1 is 0.551 bits per heavy atom. The molecule has 0 radical (unpaired) electrons. The van der Waals surface area contributed by atoms with Crippen molar-refractivity contribution in [1.82, 2.24) is 5.32 Å².